The second-order valence-electron chi connectivity index (χ2n) is 6.33. The molecule has 4 rings (SSSR count). The predicted octanol–water partition coefficient (Wildman–Crippen LogP) is 2.52. The molecule has 0 spiro atoms. The number of hydrogen-bond acceptors (Lipinski definition) is 6. The lowest BCUT2D eigenvalue weighted by Gasteiger charge is -2.03. The molecule has 3 aromatic rings. The monoisotopic (exact) mass is 413 g/mol. The molecule has 0 aliphatic heterocycles. The van der Waals surface area contributed by atoms with Gasteiger partial charge in [0, 0.05) is 23.9 Å². The average molecular weight is 413 g/mol. The quantitative estimate of drug-likeness (QED) is 0.666. The number of alkyl halides is 3. The molecule has 1 N–H and O–H groups in total. The van der Waals surface area contributed by atoms with Gasteiger partial charge in [-0.25, -0.2) is 17.8 Å². The Labute approximate surface area is 157 Å². The van der Waals surface area contributed by atoms with E-state index in [1.807, 2.05) is 0 Å². The molecule has 8 nitrogen and oxygen atoms in total. The number of nitrogens with one attached hydrogen (secondary N) is 1. The minimum atomic E-state index is -4.70. The van der Waals surface area contributed by atoms with E-state index < -0.39 is 22.1 Å². The first kappa shape index (κ1) is 18.6. The van der Waals surface area contributed by atoms with E-state index in [9.17, 15) is 21.6 Å². The smallest absolute Gasteiger partial charge is 0.329 e. The third-order valence-electron chi connectivity index (χ3n) is 4.14. The number of rotatable bonds is 6. The molecule has 12 heteroatoms. The van der Waals surface area contributed by atoms with Crippen LogP contribution in [0.25, 0.3) is 17.1 Å². The Kier molecular flexibility index (Phi) is 4.46. The lowest BCUT2D eigenvalue weighted by atomic mass is 10.2. The first-order valence-corrected chi connectivity index (χ1v) is 9.81. The van der Waals surface area contributed by atoms with Crippen molar-refractivity contribution in [1.82, 2.24) is 24.6 Å². The van der Waals surface area contributed by atoms with Crippen molar-refractivity contribution in [2.75, 3.05) is 0 Å². The van der Waals surface area contributed by atoms with Crippen LogP contribution in [-0.4, -0.2) is 33.6 Å². The van der Waals surface area contributed by atoms with Gasteiger partial charge in [-0.15, -0.1) is 0 Å². The number of sulfonamides is 1. The number of halogens is 3. The molecule has 148 valence electrons. The van der Waals surface area contributed by atoms with Crippen LogP contribution in [0.4, 0.5) is 13.2 Å². The van der Waals surface area contributed by atoms with Crippen molar-refractivity contribution < 1.29 is 26.1 Å². The van der Waals surface area contributed by atoms with Gasteiger partial charge in [-0.3, -0.25) is 0 Å². The van der Waals surface area contributed by atoms with Crippen molar-refractivity contribution in [2.45, 2.75) is 30.8 Å². The Hall–Kier alpha value is -2.73. The maximum absolute atomic E-state index is 12.5. The summed E-state index contributed by atoms with van der Waals surface area (Å²) >= 11 is 0. The second-order valence-corrected chi connectivity index (χ2v) is 8.37. The summed E-state index contributed by atoms with van der Waals surface area (Å²) < 4.78 is 69.6. The van der Waals surface area contributed by atoms with Gasteiger partial charge in [-0.05, 0) is 37.1 Å². The molecule has 2 aromatic heterocycles. The van der Waals surface area contributed by atoms with Gasteiger partial charge < -0.3 is 4.52 Å². The maximum atomic E-state index is 12.5. The summed E-state index contributed by atoms with van der Waals surface area (Å²) in [6.07, 6.45) is -0.117. The molecule has 0 bridgehead atoms. The first-order chi connectivity index (χ1) is 13.2. The van der Waals surface area contributed by atoms with Crippen molar-refractivity contribution in [1.29, 1.82) is 0 Å². The third kappa shape index (κ3) is 3.92. The van der Waals surface area contributed by atoms with E-state index in [2.05, 4.69) is 24.5 Å². The van der Waals surface area contributed by atoms with Crippen LogP contribution in [0.2, 0.25) is 0 Å². The van der Waals surface area contributed by atoms with Crippen molar-refractivity contribution in [3.63, 3.8) is 0 Å². The molecule has 1 fully saturated rings. The molecular formula is C16H14F3N5O3S. The van der Waals surface area contributed by atoms with Crippen LogP contribution in [0, 0.1) is 0 Å². The molecule has 0 unspecified atom stereocenters. The Morgan fingerprint density at radius 3 is 2.54 bits per heavy atom. The van der Waals surface area contributed by atoms with Gasteiger partial charge in [-0.1, -0.05) is 5.16 Å². The largest absolute Gasteiger partial charge is 0.471 e. The third-order valence-corrected chi connectivity index (χ3v) is 6.03. The summed E-state index contributed by atoms with van der Waals surface area (Å²) in [5.41, 5.74) is 1.67. The molecule has 0 amide bonds. The Bertz CT molecular complexity index is 1090. The Balaban J connectivity index is 1.45. The van der Waals surface area contributed by atoms with E-state index in [4.69, 9.17) is 0 Å². The summed E-state index contributed by atoms with van der Waals surface area (Å²) in [5, 5.41) is 7.21. The molecule has 0 saturated heterocycles. The predicted molar refractivity (Wildman–Crippen MR) is 90.6 cm³/mol. The van der Waals surface area contributed by atoms with Gasteiger partial charge in [0.15, 0.2) is 0 Å². The zero-order valence-electron chi connectivity index (χ0n) is 14.2. The summed E-state index contributed by atoms with van der Waals surface area (Å²) in [6, 6.07) is 6.34. The fourth-order valence-electron chi connectivity index (χ4n) is 2.49. The van der Waals surface area contributed by atoms with Crippen LogP contribution in [0.15, 0.2) is 41.2 Å². The molecule has 28 heavy (non-hydrogen) atoms. The van der Waals surface area contributed by atoms with Gasteiger partial charge >= 0.3 is 12.1 Å². The highest BCUT2D eigenvalue weighted by Gasteiger charge is 2.38. The van der Waals surface area contributed by atoms with Crippen molar-refractivity contribution in [3.05, 3.63) is 48.1 Å². The van der Waals surface area contributed by atoms with Crippen LogP contribution in [0.1, 0.15) is 24.3 Å². The minimum Gasteiger partial charge on any atom is -0.329 e. The number of hydrogen-bond donors (Lipinski definition) is 1. The zero-order chi connectivity index (χ0) is 19.9. The topological polar surface area (TPSA) is 103 Å². The highest BCUT2D eigenvalue weighted by atomic mass is 32.2. The van der Waals surface area contributed by atoms with Gasteiger partial charge in [0.1, 0.15) is 0 Å². The maximum Gasteiger partial charge on any atom is 0.471 e. The van der Waals surface area contributed by atoms with E-state index in [1.165, 1.54) is 23.0 Å². The fourth-order valence-corrected chi connectivity index (χ4v) is 3.85. The number of benzene rings is 1. The molecule has 1 saturated carbocycles. The van der Waals surface area contributed by atoms with Gasteiger partial charge in [0.25, 0.3) is 0 Å². The van der Waals surface area contributed by atoms with Crippen molar-refractivity contribution in [3.8, 4) is 17.1 Å². The lowest BCUT2D eigenvalue weighted by Crippen LogP contribution is -2.26. The van der Waals surface area contributed by atoms with Crippen LogP contribution < -0.4 is 4.72 Å². The van der Waals surface area contributed by atoms with Crippen molar-refractivity contribution in [2.24, 2.45) is 0 Å². The SMILES string of the molecule is O=S(=O)(NCc1cnn(-c2ccc(-c3noc(C(F)(F)F)n3)cc2)c1)C1CC1. The summed E-state index contributed by atoms with van der Waals surface area (Å²) in [4.78, 5) is 3.33. The normalized spacial score (nSPS) is 15.1. The molecular weight excluding hydrogens is 399 g/mol. The fraction of sp³-hybridized carbons (Fsp3) is 0.312. The Morgan fingerprint density at radius 2 is 1.93 bits per heavy atom. The standard InChI is InChI=1S/C16H14F3N5O3S/c17-16(18,19)15-22-14(23-27-15)11-1-3-12(4-2-11)24-9-10(7-20-24)8-21-28(25,26)13-5-6-13/h1-4,7,9,13,21H,5-6,8H2. The minimum absolute atomic E-state index is 0.139. The summed E-state index contributed by atoms with van der Waals surface area (Å²) in [5.74, 6) is -1.58. The average Bonchev–Trinajstić information content (AvgIpc) is 3.21. The van der Waals surface area contributed by atoms with E-state index >= 15 is 0 Å². The van der Waals surface area contributed by atoms with E-state index in [0.717, 1.165) is 0 Å². The van der Waals surface area contributed by atoms with Crippen LogP contribution >= 0.6 is 0 Å². The lowest BCUT2D eigenvalue weighted by molar-refractivity contribution is -0.159. The first-order valence-electron chi connectivity index (χ1n) is 8.26. The van der Waals surface area contributed by atoms with Crippen LogP contribution in [-0.2, 0) is 22.7 Å². The molecule has 1 aliphatic rings. The summed E-state index contributed by atoms with van der Waals surface area (Å²) in [6.45, 7) is 0.139. The van der Waals surface area contributed by atoms with E-state index in [1.54, 1.807) is 18.3 Å². The second kappa shape index (κ2) is 6.71. The number of nitrogens with zero attached hydrogens (tertiary/aromatic N) is 4. The molecule has 1 aromatic carbocycles. The van der Waals surface area contributed by atoms with E-state index in [0.29, 0.717) is 29.7 Å². The highest BCUT2D eigenvalue weighted by Crippen LogP contribution is 2.29. The summed E-state index contributed by atoms with van der Waals surface area (Å²) in [7, 11) is -3.28. The highest BCUT2D eigenvalue weighted by molar-refractivity contribution is 7.90. The molecule has 0 atom stereocenters. The van der Waals surface area contributed by atoms with Gasteiger partial charge in [0.05, 0.1) is 17.1 Å². The number of aromatic nitrogens is 4. The molecule has 2 heterocycles. The van der Waals surface area contributed by atoms with Gasteiger partial charge in [-0.2, -0.15) is 23.3 Å². The molecule has 0 radical (unpaired) electrons. The molecule has 1 aliphatic carbocycles. The zero-order valence-corrected chi connectivity index (χ0v) is 15.0. The van der Waals surface area contributed by atoms with Crippen LogP contribution in [0.5, 0.6) is 0 Å². The van der Waals surface area contributed by atoms with Gasteiger partial charge in [0.2, 0.25) is 15.8 Å². The van der Waals surface area contributed by atoms with Crippen LogP contribution in [0.3, 0.4) is 0 Å². The Morgan fingerprint density at radius 1 is 1.21 bits per heavy atom. The van der Waals surface area contributed by atoms with E-state index in [-0.39, 0.29) is 17.6 Å². The van der Waals surface area contributed by atoms with Crippen molar-refractivity contribution >= 4 is 10.0 Å².